The summed E-state index contributed by atoms with van der Waals surface area (Å²) in [5, 5.41) is 0. The predicted molar refractivity (Wildman–Crippen MR) is 56.5 cm³/mol. The third-order valence-electron chi connectivity index (χ3n) is 2.64. The second kappa shape index (κ2) is 7.07. The molecule has 13 heavy (non-hydrogen) atoms. The largest absolute Gasteiger partial charge is 0.330 e. The maximum Gasteiger partial charge on any atom is 0.135 e. The van der Waals surface area contributed by atoms with Crippen LogP contribution in [0, 0.1) is 11.8 Å². The molecule has 2 heteroatoms. The summed E-state index contributed by atoms with van der Waals surface area (Å²) in [6.45, 7) is 6.97. The number of hydrogen-bond donors (Lipinski definition) is 1. The highest BCUT2D eigenvalue weighted by atomic mass is 16.1. The number of ketones is 1. The van der Waals surface area contributed by atoms with Crippen LogP contribution in [0.2, 0.25) is 0 Å². The molecular weight excluding hydrogens is 162 g/mol. The van der Waals surface area contributed by atoms with E-state index in [-0.39, 0.29) is 5.92 Å². The van der Waals surface area contributed by atoms with E-state index in [2.05, 4.69) is 13.8 Å². The molecule has 0 aliphatic carbocycles. The van der Waals surface area contributed by atoms with E-state index in [4.69, 9.17) is 5.73 Å². The minimum atomic E-state index is 0.206. The molecule has 0 aromatic heterocycles. The zero-order valence-electron chi connectivity index (χ0n) is 9.18. The summed E-state index contributed by atoms with van der Waals surface area (Å²) < 4.78 is 0. The van der Waals surface area contributed by atoms with E-state index < -0.39 is 0 Å². The molecule has 0 aromatic carbocycles. The van der Waals surface area contributed by atoms with Gasteiger partial charge in [0.05, 0.1) is 0 Å². The van der Waals surface area contributed by atoms with Gasteiger partial charge in [-0.25, -0.2) is 0 Å². The minimum absolute atomic E-state index is 0.206. The zero-order valence-corrected chi connectivity index (χ0v) is 9.18. The summed E-state index contributed by atoms with van der Waals surface area (Å²) >= 11 is 0. The van der Waals surface area contributed by atoms with Crippen LogP contribution >= 0.6 is 0 Å². The zero-order chi connectivity index (χ0) is 10.3. The SMILES string of the molecule is CCC(C)CC(=O)C(C)CCCN. The van der Waals surface area contributed by atoms with Crippen LogP contribution in [0.5, 0.6) is 0 Å². The van der Waals surface area contributed by atoms with E-state index in [0.717, 1.165) is 25.7 Å². The van der Waals surface area contributed by atoms with Crippen LogP contribution in [0.15, 0.2) is 0 Å². The van der Waals surface area contributed by atoms with Crippen LogP contribution in [0.3, 0.4) is 0 Å². The van der Waals surface area contributed by atoms with Gasteiger partial charge in [-0.2, -0.15) is 0 Å². The maximum atomic E-state index is 11.6. The molecule has 0 heterocycles. The topological polar surface area (TPSA) is 43.1 Å². The summed E-state index contributed by atoms with van der Waals surface area (Å²) in [5.74, 6) is 1.15. The fourth-order valence-electron chi connectivity index (χ4n) is 1.27. The predicted octanol–water partition coefficient (Wildman–Crippen LogP) is 2.37. The molecule has 2 N–H and O–H groups in total. The molecule has 0 saturated heterocycles. The highest BCUT2D eigenvalue weighted by molar-refractivity contribution is 5.80. The third-order valence-corrected chi connectivity index (χ3v) is 2.64. The first kappa shape index (κ1) is 12.6. The molecule has 0 fully saturated rings. The van der Waals surface area contributed by atoms with Crippen molar-refractivity contribution in [2.75, 3.05) is 6.54 Å². The molecule has 2 unspecified atom stereocenters. The summed E-state index contributed by atoms with van der Waals surface area (Å²) in [7, 11) is 0. The standard InChI is InChI=1S/C11H23NO/c1-4-9(2)8-11(13)10(3)6-5-7-12/h9-10H,4-8,12H2,1-3H3. The number of hydrogen-bond acceptors (Lipinski definition) is 2. The molecule has 0 radical (unpaired) electrons. The maximum absolute atomic E-state index is 11.6. The van der Waals surface area contributed by atoms with Gasteiger partial charge >= 0.3 is 0 Å². The van der Waals surface area contributed by atoms with Crippen molar-refractivity contribution >= 4 is 5.78 Å². The first-order chi connectivity index (χ1) is 6.11. The molecule has 0 aliphatic rings. The van der Waals surface area contributed by atoms with E-state index in [1.807, 2.05) is 6.92 Å². The van der Waals surface area contributed by atoms with Crippen molar-refractivity contribution in [1.82, 2.24) is 0 Å². The van der Waals surface area contributed by atoms with Crippen molar-refractivity contribution in [3.63, 3.8) is 0 Å². The van der Waals surface area contributed by atoms with Gasteiger partial charge in [0, 0.05) is 12.3 Å². The van der Waals surface area contributed by atoms with E-state index in [9.17, 15) is 4.79 Å². The molecule has 0 rings (SSSR count). The first-order valence-electron chi connectivity index (χ1n) is 5.34. The molecule has 0 amide bonds. The van der Waals surface area contributed by atoms with Gasteiger partial charge in [-0.1, -0.05) is 27.2 Å². The van der Waals surface area contributed by atoms with Gasteiger partial charge in [-0.05, 0) is 25.3 Å². The molecule has 78 valence electrons. The molecule has 2 nitrogen and oxygen atoms in total. The molecule has 2 atom stereocenters. The van der Waals surface area contributed by atoms with Gasteiger partial charge in [0.15, 0.2) is 0 Å². The van der Waals surface area contributed by atoms with Gasteiger partial charge in [0.2, 0.25) is 0 Å². The lowest BCUT2D eigenvalue weighted by molar-refractivity contribution is -0.123. The monoisotopic (exact) mass is 185 g/mol. The van der Waals surface area contributed by atoms with Crippen LogP contribution in [-0.4, -0.2) is 12.3 Å². The quantitative estimate of drug-likeness (QED) is 0.661. The lowest BCUT2D eigenvalue weighted by Crippen LogP contribution is -2.15. The Morgan fingerprint density at radius 1 is 1.38 bits per heavy atom. The van der Waals surface area contributed by atoms with Crippen molar-refractivity contribution in [3.05, 3.63) is 0 Å². The second-order valence-electron chi connectivity index (χ2n) is 4.02. The molecule has 0 bridgehead atoms. The number of carbonyl (C=O) groups excluding carboxylic acids is 1. The van der Waals surface area contributed by atoms with Crippen LogP contribution in [-0.2, 0) is 4.79 Å². The molecule has 0 aliphatic heterocycles. The Bertz CT molecular complexity index is 145. The normalized spacial score (nSPS) is 15.4. The molecule has 0 spiro atoms. The molecule has 0 aromatic rings. The summed E-state index contributed by atoms with van der Waals surface area (Å²) in [6.07, 6.45) is 3.75. The fraction of sp³-hybridized carbons (Fsp3) is 0.909. The minimum Gasteiger partial charge on any atom is -0.330 e. The van der Waals surface area contributed by atoms with Crippen molar-refractivity contribution in [2.24, 2.45) is 17.6 Å². The Hall–Kier alpha value is -0.370. The highest BCUT2D eigenvalue weighted by Crippen LogP contribution is 2.14. The van der Waals surface area contributed by atoms with Crippen molar-refractivity contribution < 1.29 is 4.79 Å². The summed E-state index contributed by atoms with van der Waals surface area (Å²) in [5.41, 5.74) is 5.39. The van der Waals surface area contributed by atoms with Crippen LogP contribution in [0.4, 0.5) is 0 Å². The van der Waals surface area contributed by atoms with Crippen molar-refractivity contribution in [3.8, 4) is 0 Å². The first-order valence-corrected chi connectivity index (χ1v) is 5.34. The van der Waals surface area contributed by atoms with E-state index in [1.54, 1.807) is 0 Å². The van der Waals surface area contributed by atoms with Crippen molar-refractivity contribution in [1.29, 1.82) is 0 Å². The van der Waals surface area contributed by atoms with Gasteiger partial charge in [-0.3, -0.25) is 4.79 Å². The molecular formula is C11H23NO. The lowest BCUT2D eigenvalue weighted by atomic mass is 9.92. The lowest BCUT2D eigenvalue weighted by Gasteiger charge is -2.12. The van der Waals surface area contributed by atoms with Crippen LogP contribution in [0.25, 0.3) is 0 Å². The molecule has 0 saturated carbocycles. The van der Waals surface area contributed by atoms with Gasteiger partial charge in [-0.15, -0.1) is 0 Å². The number of Topliss-reactive ketones (excluding diaryl/α,β-unsaturated/α-hetero) is 1. The summed E-state index contributed by atoms with van der Waals surface area (Å²) in [4.78, 5) is 11.6. The number of nitrogens with two attached hydrogens (primary N) is 1. The number of rotatable bonds is 7. The average molecular weight is 185 g/mol. The van der Waals surface area contributed by atoms with E-state index >= 15 is 0 Å². The van der Waals surface area contributed by atoms with Gasteiger partial charge in [0.1, 0.15) is 5.78 Å². The van der Waals surface area contributed by atoms with Crippen LogP contribution in [0.1, 0.15) is 46.5 Å². The second-order valence-corrected chi connectivity index (χ2v) is 4.02. The fourth-order valence-corrected chi connectivity index (χ4v) is 1.27. The van der Waals surface area contributed by atoms with Gasteiger partial charge in [0.25, 0.3) is 0 Å². The van der Waals surface area contributed by atoms with Crippen LogP contribution < -0.4 is 5.73 Å². The Morgan fingerprint density at radius 2 is 2.00 bits per heavy atom. The van der Waals surface area contributed by atoms with E-state index in [0.29, 0.717) is 18.2 Å². The number of carbonyl (C=O) groups is 1. The Labute approximate surface area is 81.9 Å². The van der Waals surface area contributed by atoms with E-state index in [1.165, 1.54) is 0 Å². The Kier molecular flexibility index (Phi) is 6.87. The third kappa shape index (κ3) is 5.81. The summed E-state index contributed by atoms with van der Waals surface area (Å²) in [6, 6.07) is 0. The van der Waals surface area contributed by atoms with Crippen molar-refractivity contribution in [2.45, 2.75) is 46.5 Å². The van der Waals surface area contributed by atoms with Gasteiger partial charge < -0.3 is 5.73 Å². The smallest absolute Gasteiger partial charge is 0.135 e. The highest BCUT2D eigenvalue weighted by Gasteiger charge is 2.14. The Morgan fingerprint density at radius 3 is 2.46 bits per heavy atom. The average Bonchev–Trinajstić information content (AvgIpc) is 2.13. The Balaban J connectivity index is 3.68.